The summed E-state index contributed by atoms with van der Waals surface area (Å²) < 4.78 is 12.1. The molecular weight excluding hydrogens is 440 g/mol. The maximum atomic E-state index is 12.8. The molecule has 0 spiro atoms. The van der Waals surface area contributed by atoms with E-state index in [2.05, 4.69) is 22.3 Å². The van der Waals surface area contributed by atoms with Crippen molar-refractivity contribution in [3.05, 3.63) is 108 Å². The monoisotopic (exact) mass is 472 g/mol. The van der Waals surface area contributed by atoms with Gasteiger partial charge in [0.15, 0.2) is 0 Å². The van der Waals surface area contributed by atoms with Crippen molar-refractivity contribution in [2.75, 3.05) is 13.2 Å². The largest absolute Gasteiger partial charge is 0.456 e. The number of piperidine rings is 1. The van der Waals surface area contributed by atoms with Crippen LogP contribution in [0.1, 0.15) is 34.8 Å². The van der Waals surface area contributed by atoms with E-state index >= 15 is 0 Å². The molecule has 3 aromatic carbocycles. The van der Waals surface area contributed by atoms with Crippen LogP contribution in [0.25, 0.3) is 0 Å². The number of nitrogens with zero attached hydrogens (tertiary/aromatic N) is 1. The quantitative estimate of drug-likeness (QED) is 0.473. The Morgan fingerprint density at radius 3 is 2.11 bits per heavy atom. The Labute approximate surface area is 206 Å². The van der Waals surface area contributed by atoms with Crippen LogP contribution in [-0.2, 0) is 27.4 Å². The molecule has 1 N–H and O–H groups in total. The topological polar surface area (TPSA) is 67.9 Å². The molecule has 0 aliphatic carbocycles. The van der Waals surface area contributed by atoms with Gasteiger partial charge in [-0.25, -0.2) is 4.79 Å². The third-order valence-electron chi connectivity index (χ3n) is 6.21. The molecule has 35 heavy (non-hydrogen) atoms. The standard InChI is InChI=1S/C29H32N2O4/c1-22(32)30-27-19-31(18-23-11-5-2-6-12-23)26(21-34-20-24-13-7-3-8-14-24)17-28(27)35-29(33)25-15-9-4-10-16-25/h2-16,26-28H,17-21H2,1H3,(H,30,32). The summed E-state index contributed by atoms with van der Waals surface area (Å²) >= 11 is 0. The first-order chi connectivity index (χ1) is 17.1. The number of benzene rings is 3. The fourth-order valence-electron chi connectivity index (χ4n) is 4.48. The van der Waals surface area contributed by atoms with Crippen molar-refractivity contribution < 1.29 is 19.1 Å². The number of amides is 1. The van der Waals surface area contributed by atoms with Gasteiger partial charge in [0.05, 0.1) is 24.8 Å². The highest BCUT2D eigenvalue weighted by Crippen LogP contribution is 2.25. The summed E-state index contributed by atoms with van der Waals surface area (Å²) in [5, 5.41) is 3.01. The highest BCUT2D eigenvalue weighted by atomic mass is 16.5. The average Bonchev–Trinajstić information content (AvgIpc) is 2.87. The smallest absolute Gasteiger partial charge is 0.338 e. The van der Waals surface area contributed by atoms with Gasteiger partial charge in [0, 0.05) is 32.5 Å². The summed E-state index contributed by atoms with van der Waals surface area (Å²) in [6.07, 6.45) is 0.106. The SMILES string of the molecule is CC(=O)NC1CN(Cc2ccccc2)C(COCc2ccccc2)CC1OC(=O)c1ccccc1. The van der Waals surface area contributed by atoms with Gasteiger partial charge in [-0.1, -0.05) is 78.9 Å². The maximum Gasteiger partial charge on any atom is 0.338 e. The van der Waals surface area contributed by atoms with E-state index in [1.54, 1.807) is 12.1 Å². The fraction of sp³-hybridized carbons (Fsp3) is 0.310. The minimum atomic E-state index is -0.455. The van der Waals surface area contributed by atoms with Crippen LogP contribution in [-0.4, -0.2) is 48.1 Å². The van der Waals surface area contributed by atoms with E-state index in [4.69, 9.17) is 9.47 Å². The van der Waals surface area contributed by atoms with Gasteiger partial charge in [-0.05, 0) is 23.3 Å². The summed E-state index contributed by atoms with van der Waals surface area (Å²) in [7, 11) is 0. The van der Waals surface area contributed by atoms with Crippen LogP contribution >= 0.6 is 0 Å². The fourth-order valence-corrected chi connectivity index (χ4v) is 4.48. The van der Waals surface area contributed by atoms with Gasteiger partial charge >= 0.3 is 5.97 Å². The zero-order chi connectivity index (χ0) is 24.5. The van der Waals surface area contributed by atoms with Crippen molar-refractivity contribution in [1.29, 1.82) is 0 Å². The predicted molar refractivity (Wildman–Crippen MR) is 135 cm³/mol. The molecule has 182 valence electrons. The number of ether oxygens (including phenoxy) is 2. The van der Waals surface area contributed by atoms with Gasteiger partial charge < -0.3 is 14.8 Å². The molecule has 1 aliphatic rings. The molecule has 1 aliphatic heterocycles. The molecular formula is C29H32N2O4. The van der Waals surface area contributed by atoms with Gasteiger partial charge in [-0.3, -0.25) is 9.69 Å². The van der Waals surface area contributed by atoms with E-state index in [1.165, 1.54) is 12.5 Å². The van der Waals surface area contributed by atoms with Crippen molar-refractivity contribution in [2.45, 2.75) is 44.7 Å². The minimum absolute atomic E-state index is 0.0255. The van der Waals surface area contributed by atoms with Gasteiger partial charge in [0.1, 0.15) is 6.10 Å². The molecule has 1 saturated heterocycles. The summed E-state index contributed by atoms with van der Waals surface area (Å²) in [6.45, 7) is 3.77. The first-order valence-electron chi connectivity index (χ1n) is 12.0. The Bertz CT molecular complexity index is 1080. The Balaban J connectivity index is 1.50. The second-order valence-electron chi connectivity index (χ2n) is 8.92. The zero-order valence-corrected chi connectivity index (χ0v) is 20.0. The molecule has 4 rings (SSSR count). The van der Waals surface area contributed by atoms with Crippen LogP contribution in [0.3, 0.4) is 0 Å². The molecule has 0 bridgehead atoms. The summed E-state index contributed by atoms with van der Waals surface area (Å²) in [5.74, 6) is -0.527. The van der Waals surface area contributed by atoms with Crippen LogP contribution in [0.2, 0.25) is 0 Å². The molecule has 3 unspecified atom stereocenters. The van der Waals surface area contributed by atoms with E-state index in [0.717, 1.165) is 12.1 Å². The van der Waals surface area contributed by atoms with Crippen LogP contribution in [0.5, 0.6) is 0 Å². The molecule has 0 radical (unpaired) electrons. The van der Waals surface area contributed by atoms with E-state index in [1.807, 2.05) is 66.7 Å². The number of nitrogens with one attached hydrogen (secondary N) is 1. The van der Waals surface area contributed by atoms with Gasteiger partial charge in [-0.2, -0.15) is 0 Å². The molecule has 0 saturated carbocycles. The number of carbonyl (C=O) groups excluding carboxylic acids is 2. The van der Waals surface area contributed by atoms with E-state index in [0.29, 0.717) is 31.7 Å². The number of hydrogen-bond acceptors (Lipinski definition) is 5. The molecule has 1 amide bonds. The normalized spacial score (nSPS) is 20.2. The number of esters is 1. The minimum Gasteiger partial charge on any atom is -0.456 e. The van der Waals surface area contributed by atoms with Gasteiger partial charge in [-0.15, -0.1) is 0 Å². The Morgan fingerprint density at radius 2 is 1.49 bits per heavy atom. The number of hydrogen-bond donors (Lipinski definition) is 1. The number of likely N-dealkylation sites (tertiary alicyclic amines) is 1. The summed E-state index contributed by atoms with van der Waals surface area (Å²) in [6, 6.07) is 29.0. The average molecular weight is 473 g/mol. The Kier molecular flexibility index (Phi) is 8.65. The highest BCUT2D eigenvalue weighted by Gasteiger charge is 2.38. The van der Waals surface area contributed by atoms with Crippen molar-refractivity contribution in [3.63, 3.8) is 0 Å². The van der Waals surface area contributed by atoms with E-state index in [9.17, 15) is 9.59 Å². The van der Waals surface area contributed by atoms with E-state index < -0.39 is 6.10 Å². The van der Waals surface area contributed by atoms with E-state index in [-0.39, 0.29) is 24.0 Å². The molecule has 1 fully saturated rings. The highest BCUT2D eigenvalue weighted by molar-refractivity contribution is 5.89. The lowest BCUT2D eigenvalue weighted by molar-refractivity contribution is -0.122. The zero-order valence-electron chi connectivity index (χ0n) is 20.0. The maximum absolute atomic E-state index is 12.8. The Hall–Kier alpha value is -3.48. The van der Waals surface area contributed by atoms with Crippen LogP contribution in [0.15, 0.2) is 91.0 Å². The molecule has 6 heteroatoms. The second kappa shape index (κ2) is 12.3. The predicted octanol–water partition coefficient (Wildman–Crippen LogP) is 4.21. The third kappa shape index (κ3) is 7.25. The Morgan fingerprint density at radius 1 is 0.886 bits per heavy atom. The third-order valence-corrected chi connectivity index (χ3v) is 6.21. The van der Waals surface area contributed by atoms with Crippen LogP contribution in [0.4, 0.5) is 0 Å². The molecule has 3 aromatic rings. The summed E-state index contributed by atoms with van der Waals surface area (Å²) in [4.78, 5) is 27.1. The van der Waals surface area contributed by atoms with Crippen LogP contribution in [0, 0.1) is 0 Å². The lowest BCUT2D eigenvalue weighted by atomic mass is 9.94. The van der Waals surface area contributed by atoms with Crippen molar-refractivity contribution >= 4 is 11.9 Å². The first kappa shape index (κ1) is 24.6. The van der Waals surface area contributed by atoms with Crippen molar-refractivity contribution in [2.24, 2.45) is 0 Å². The van der Waals surface area contributed by atoms with Crippen molar-refractivity contribution in [1.82, 2.24) is 10.2 Å². The molecule has 6 nitrogen and oxygen atoms in total. The van der Waals surface area contributed by atoms with Gasteiger partial charge in [0.25, 0.3) is 0 Å². The lowest BCUT2D eigenvalue weighted by Gasteiger charge is -2.43. The molecule has 1 heterocycles. The number of carbonyl (C=O) groups is 2. The molecule has 3 atom stereocenters. The van der Waals surface area contributed by atoms with Crippen molar-refractivity contribution in [3.8, 4) is 0 Å². The number of rotatable bonds is 9. The first-order valence-corrected chi connectivity index (χ1v) is 12.0. The second-order valence-corrected chi connectivity index (χ2v) is 8.92. The molecule has 0 aromatic heterocycles. The van der Waals surface area contributed by atoms with Gasteiger partial charge in [0.2, 0.25) is 5.91 Å². The van der Waals surface area contributed by atoms with Crippen LogP contribution < -0.4 is 5.32 Å². The summed E-state index contributed by atoms with van der Waals surface area (Å²) in [5.41, 5.74) is 2.79. The lowest BCUT2D eigenvalue weighted by Crippen LogP contribution is -2.60.